The molecular formula is C17H27N3S. The maximum absolute atomic E-state index is 4.79. The van der Waals surface area contributed by atoms with Gasteiger partial charge in [0.2, 0.25) is 0 Å². The summed E-state index contributed by atoms with van der Waals surface area (Å²) in [6.07, 6.45) is 2.13. The fourth-order valence-corrected chi connectivity index (χ4v) is 3.40. The van der Waals surface area contributed by atoms with Gasteiger partial charge < -0.3 is 10.2 Å². The minimum atomic E-state index is 0.0903. The van der Waals surface area contributed by atoms with Crippen molar-refractivity contribution in [3.05, 3.63) is 29.3 Å². The van der Waals surface area contributed by atoms with Crippen molar-refractivity contribution in [1.82, 2.24) is 15.2 Å². The Morgan fingerprint density at radius 2 is 2.00 bits per heavy atom. The second-order valence-electron chi connectivity index (χ2n) is 6.33. The molecule has 1 atom stereocenters. The molecule has 1 aromatic heterocycles. The minimum Gasteiger partial charge on any atom is -0.312 e. The Balaban J connectivity index is 2.21. The average Bonchev–Trinajstić information content (AvgIpc) is 2.85. The summed E-state index contributed by atoms with van der Waals surface area (Å²) >= 11 is 1.82. The van der Waals surface area contributed by atoms with Crippen molar-refractivity contribution in [1.29, 1.82) is 0 Å². The first kappa shape index (κ1) is 16.4. The molecule has 1 unspecified atom stereocenters. The molecule has 0 saturated heterocycles. The molecule has 0 bridgehead atoms. The van der Waals surface area contributed by atoms with Gasteiger partial charge in [0.05, 0.1) is 15.2 Å². The highest BCUT2D eigenvalue weighted by Gasteiger charge is 2.31. The summed E-state index contributed by atoms with van der Waals surface area (Å²) in [6, 6.07) is 8.79. The molecule has 21 heavy (non-hydrogen) atoms. The van der Waals surface area contributed by atoms with Crippen molar-refractivity contribution in [3.63, 3.8) is 0 Å². The van der Waals surface area contributed by atoms with Crippen molar-refractivity contribution < 1.29 is 0 Å². The number of rotatable bonds is 7. The fraction of sp³-hybridized carbons (Fsp3) is 0.588. The van der Waals surface area contributed by atoms with Crippen LogP contribution in [0.4, 0.5) is 0 Å². The zero-order chi connectivity index (χ0) is 15.5. The van der Waals surface area contributed by atoms with E-state index in [-0.39, 0.29) is 5.54 Å². The van der Waals surface area contributed by atoms with E-state index in [1.165, 1.54) is 9.71 Å². The third-order valence-electron chi connectivity index (χ3n) is 4.36. The van der Waals surface area contributed by atoms with Crippen LogP contribution in [0.2, 0.25) is 0 Å². The van der Waals surface area contributed by atoms with Gasteiger partial charge in [0.25, 0.3) is 0 Å². The van der Waals surface area contributed by atoms with Crippen molar-refractivity contribution in [3.8, 4) is 0 Å². The number of fused-ring (bicyclic) bond motifs is 1. The predicted octanol–water partition coefficient (Wildman–Crippen LogP) is 3.55. The molecule has 0 fully saturated rings. The van der Waals surface area contributed by atoms with Crippen molar-refractivity contribution >= 4 is 21.6 Å². The van der Waals surface area contributed by atoms with Crippen LogP contribution >= 0.6 is 11.3 Å². The molecule has 2 rings (SSSR count). The van der Waals surface area contributed by atoms with Gasteiger partial charge in [-0.1, -0.05) is 19.1 Å². The van der Waals surface area contributed by atoms with Crippen LogP contribution in [0.1, 0.15) is 32.2 Å². The van der Waals surface area contributed by atoms with E-state index in [4.69, 9.17) is 4.98 Å². The number of nitrogens with one attached hydrogen (secondary N) is 1. The molecule has 4 heteroatoms. The Morgan fingerprint density at radius 3 is 2.62 bits per heavy atom. The summed E-state index contributed by atoms with van der Waals surface area (Å²) in [5.41, 5.74) is 1.21. The van der Waals surface area contributed by atoms with Crippen LogP contribution in [0, 0.1) is 0 Å². The molecule has 1 heterocycles. The highest BCUT2D eigenvalue weighted by Crippen LogP contribution is 2.26. The normalized spacial score (nSPS) is 14.0. The van der Waals surface area contributed by atoms with Crippen LogP contribution in [-0.2, 0) is 6.42 Å². The first-order valence-electron chi connectivity index (χ1n) is 7.70. The number of aromatic nitrogens is 1. The second-order valence-corrected chi connectivity index (χ2v) is 7.45. The number of nitrogens with zero attached hydrogens (tertiary/aromatic N) is 2. The van der Waals surface area contributed by atoms with E-state index in [0.717, 1.165) is 24.9 Å². The summed E-state index contributed by atoms with van der Waals surface area (Å²) in [5.74, 6) is 0. The molecule has 116 valence electrons. The first-order chi connectivity index (χ1) is 9.95. The average molecular weight is 305 g/mol. The molecule has 3 nitrogen and oxygen atoms in total. The Kier molecular flexibility index (Phi) is 5.36. The third-order valence-corrected chi connectivity index (χ3v) is 5.42. The number of thiazole rings is 1. The molecule has 1 N–H and O–H groups in total. The van der Waals surface area contributed by atoms with E-state index < -0.39 is 0 Å². The van der Waals surface area contributed by atoms with Crippen molar-refractivity contribution in [2.24, 2.45) is 0 Å². The molecule has 0 aliphatic heterocycles. The fourth-order valence-electron chi connectivity index (χ4n) is 2.38. The van der Waals surface area contributed by atoms with Gasteiger partial charge in [-0.05, 0) is 53.0 Å². The summed E-state index contributed by atoms with van der Waals surface area (Å²) in [7, 11) is 4.30. The smallest absolute Gasteiger partial charge is 0.0954 e. The van der Waals surface area contributed by atoms with E-state index in [0.29, 0.717) is 6.04 Å². The summed E-state index contributed by atoms with van der Waals surface area (Å²) in [4.78, 5) is 7.09. The predicted molar refractivity (Wildman–Crippen MR) is 93.2 cm³/mol. The van der Waals surface area contributed by atoms with Gasteiger partial charge >= 0.3 is 0 Å². The van der Waals surface area contributed by atoms with Gasteiger partial charge in [-0.3, -0.25) is 0 Å². The van der Waals surface area contributed by atoms with Crippen LogP contribution in [-0.4, -0.2) is 42.1 Å². The van der Waals surface area contributed by atoms with Crippen LogP contribution < -0.4 is 5.32 Å². The molecule has 1 aromatic carbocycles. The van der Waals surface area contributed by atoms with Crippen molar-refractivity contribution in [2.75, 3.05) is 20.6 Å². The first-order valence-corrected chi connectivity index (χ1v) is 8.52. The number of likely N-dealkylation sites (N-methyl/N-ethyl adjacent to an activating group) is 1. The Hall–Kier alpha value is -0.970. The summed E-state index contributed by atoms with van der Waals surface area (Å²) in [5, 5.41) is 4.93. The molecule has 0 spiro atoms. The molecule has 0 amide bonds. The molecule has 2 aromatic rings. The topological polar surface area (TPSA) is 28.2 Å². The van der Waals surface area contributed by atoms with Crippen LogP contribution in [0.3, 0.4) is 0 Å². The largest absolute Gasteiger partial charge is 0.312 e. The Bertz CT molecular complexity index is 541. The van der Waals surface area contributed by atoms with E-state index in [9.17, 15) is 0 Å². The second kappa shape index (κ2) is 6.86. The van der Waals surface area contributed by atoms with Crippen LogP contribution in [0.15, 0.2) is 24.3 Å². The highest BCUT2D eigenvalue weighted by molar-refractivity contribution is 7.18. The quantitative estimate of drug-likeness (QED) is 0.848. The lowest BCUT2D eigenvalue weighted by molar-refractivity contribution is 0.137. The van der Waals surface area contributed by atoms with Crippen LogP contribution in [0.5, 0.6) is 0 Å². The number of para-hydroxylation sites is 1. The lowest BCUT2D eigenvalue weighted by Gasteiger charge is -2.40. The van der Waals surface area contributed by atoms with Gasteiger partial charge in [0, 0.05) is 18.0 Å². The van der Waals surface area contributed by atoms with E-state index in [1.54, 1.807) is 0 Å². The Labute approximate surface area is 132 Å². The molecule has 0 aliphatic rings. The Morgan fingerprint density at radius 1 is 1.29 bits per heavy atom. The number of hydrogen-bond donors (Lipinski definition) is 1. The third kappa shape index (κ3) is 3.82. The zero-order valence-electron chi connectivity index (χ0n) is 13.8. The van der Waals surface area contributed by atoms with Gasteiger partial charge in [0.1, 0.15) is 0 Å². The maximum Gasteiger partial charge on any atom is 0.0954 e. The zero-order valence-corrected chi connectivity index (χ0v) is 14.6. The maximum atomic E-state index is 4.79. The van der Waals surface area contributed by atoms with Gasteiger partial charge in [-0.2, -0.15) is 0 Å². The lowest BCUT2D eigenvalue weighted by atomic mass is 9.90. The van der Waals surface area contributed by atoms with Gasteiger partial charge in [-0.15, -0.1) is 11.3 Å². The SMILES string of the molecule is CCCNC(Cc1nc2ccccc2s1)C(C)(C)N(C)C. The molecular weight excluding hydrogens is 278 g/mol. The molecule has 0 aliphatic carbocycles. The van der Waals surface area contributed by atoms with E-state index in [2.05, 4.69) is 69.3 Å². The van der Waals surface area contributed by atoms with Crippen LogP contribution in [0.25, 0.3) is 10.2 Å². The molecule has 0 saturated carbocycles. The highest BCUT2D eigenvalue weighted by atomic mass is 32.1. The van der Waals surface area contributed by atoms with Crippen molar-refractivity contribution in [2.45, 2.75) is 45.2 Å². The number of benzene rings is 1. The van der Waals surface area contributed by atoms with E-state index >= 15 is 0 Å². The monoisotopic (exact) mass is 305 g/mol. The lowest BCUT2D eigenvalue weighted by Crippen LogP contribution is -2.56. The van der Waals surface area contributed by atoms with E-state index in [1.807, 2.05) is 11.3 Å². The number of hydrogen-bond acceptors (Lipinski definition) is 4. The van der Waals surface area contributed by atoms with Gasteiger partial charge in [-0.25, -0.2) is 4.98 Å². The molecule has 0 radical (unpaired) electrons. The summed E-state index contributed by atoms with van der Waals surface area (Å²) < 4.78 is 1.28. The summed E-state index contributed by atoms with van der Waals surface area (Å²) in [6.45, 7) is 7.86. The van der Waals surface area contributed by atoms with Gasteiger partial charge in [0.15, 0.2) is 0 Å². The standard InChI is InChI=1S/C17H27N3S/c1-6-11-18-15(17(2,3)20(4)5)12-16-19-13-9-7-8-10-14(13)21-16/h7-10,15,18H,6,11-12H2,1-5H3. The minimum absolute atomic E-state index is 0.0903.